The van der Waals surface area contributed by atoms with Crippen molar-refractivity contribution >= 4 is 17.4 Å². The van der Waals surface area contributed by atoms with E-state index in [1.807, 2.05) is 12.1 Å². The Labute approximate surface area is 89.1 Å². The van der Waals surface area contributed by atoms with Gasteiger partial charge in [0.2, 0.25) is 0 Å². The number of hydrogen-bond acceptors (Lipinski definition) is 3. The first-order chi connectivity index (χ1) is 6.90. The smallest absolute Gasteiger partial charge is 0.151 e. The van der Waals surface area contributed by atoms with E-state index in [2.05, 4.69) is 15.1 Å². The van der Waals surface area contributed by atoms with E-state index in [0.717, 1.165) is 37.1 Å². The predicted molar refractivity (Wildman–Crippen MR) is 57.7 cm³/mol. The van der Waals surface area contributed by atoms with Crippen molar-refractivity contribution in [1.82, 2.24) is 10.2 Å². The van der Waals surface area contributed by atoms with E-state index in [1.54, 1.807) is 6.20 Å². The van der Waals surface area contributed by atoms with Crippen LogP contribution in [0.25, 0.3) is 0 Å². The summed E-state index contributed by atoms with van der Waals surface area (Å²) in [6.45, 7) is 2.16. The SMILES string of the molecule is ClCCC1CCN(c2cccnn2)C1. The van der Waals surface area contributed by atoms with E-state index in [4.69, 9.17) is 11.6 Å². The zero-order valence-electron chi connectivity index (χ0n) is 8.06. The van der Waals surface area contributed by atoms with Gasteiger partial charge in [-0.2, -0.15) is 5.10 Å². The van der Waals surface area contributed by atoms with Crippen LogP contribution in [-0.2, 0) is 0 Å². The van der Waals surface area contributed by atoms with Crippen LogP contribution in [0.2, 0.25) is 0 Å². The van der Waals surface area contributed by atoms with Crippen molar-refractivity contribution in [1.29, 1.82) is 0 Å². The van der Waals surface area contributed by atoms with Crippen LogP contribution in [0.3, 0.4) is 0 Å². The summed E-state index contributed by atoms with van der Waals surface area (Å²) < 4.78 is 0. The van der Waals surface area contributed by atoms with Crippen LogP contribution < -0.4 is 4.90 Å². The molecule has 1 saturated heterocycles. The van der Waals surface area contributed by atoms with E-state index in [9.17, 15) is 0 Å². The fourth-order valence-corrected chi connectivity index (χ4v) is 2.20. The van der Waals surface area contributed by atoms with Crippen LogP contribution in [0.5, 0.6) is 0 Å². The van der Waals surface area contributed by atoms with Gasteiger partial charge in [-0.1, -0.05) is 0 Å². The van der Waals surface area contributed by atoms with Gasteiger partial charge in [-0.15, -0.1) is 16.7 Å². The van der Waals surface area contributed by atoms with Crippen molar-refractivity contribution in [2.24, 2.45) is 5.92 Å². The third kappa shape index (κ3) is 2.15. The number of anilines is 1. The third-order valence-electron chi connectivity index (χ3n) is 2.69. The van der Waals surface area contributed by atoms with Crippen LogP contribution in [0.1, 0.15) is 12.8 Å². The van der Waals surface area contributed by atoms with Crippen molar-refractivity contribution in [3.8, 4) is 0 Å². The lowest BCUT2D eigenvalue weighted by molar-refractivity contribution is 0.572. The monoisotopic (exact) mass is 211 g/mol. The van der Waals surface area contributed by atoms with Crippen LogP contribution in [0.15, 0.2) is 18.3 Å². The number of aromatic nitrogens is 2. The molecule has 76 valence electrons. The number of nitrogens with zero attached hydrogens (tertiary/aromatic N) is 3. The lowest BCUT2D eigenvalue weighted by Gasteiger charge is -2.15. The molecule has 1 aromatic heterocycles. The zero-order chi connectivity index (χ0) is 9.80. The molecule has 0 spiro atoms. The summed E-state index contributed by atoms with van der Waals surface area (Å²) >= 11 is 5.73. The highest BCUT2D eigenvalue weighted by atomic mass is 35.5. The maximum Gasteiger partial charge on any atom is 0.151 e. The average Bonchev–Trinajstić information content (AvgIpc) is 2.68. The Balaban J connectivity index is 1.96. The van der Waals surface area contributed by atoms with Gasteiger partial charge in [0.15, 0.2) is 5.82 Å². The highest BCUT2D eigenvalue weighted by Crippen LogP contribution is 2.23. The average molecular weight is 212 g/mol. The van der Waals surface area contributed by atoms with E-state index in [0.29, 0.717) is 0 Å². The molecule has 0 amide bonds. The molecule has 1 unspecified atom stereocenters. The van der Waals surface area contributed by atoms with Crippen LogP contribution >= 0.6 is 11.6 Å². The Hall–Kier alpha value is -0.830. The summed E-state index contributed by atoms with van der Waals surface area (Å²) in [6, 6.07) is 3.94. The molecule has 3 nitrogen and oxygen atoms in total. The minimum Gasteiger partial charge on any atom is -0.355 e. The van der Waals surface area contributed by atoms with Crippen molar-refractivity contribution < 1.29 is 0 Å². The summed E-state index contributed by atoms with van der Waals surface area (Å²) in [4.78, 5) is 2.28. The summed E-state index contributed by atoms with van der Waals surface area (Å²) in [5.74, 6) is 2.48. The van der Waals surface area contributed by atoms with Crippen LogP contribution in [0, 0.1) is 5.92 Å². The van der Waals surface area contributed by atoms with Crippen molar-refractivity contribution in [3.63, 3.8) is 0 Å². The van der Waals surface area contributed by atoms with Gasteiger partial charge in [0.05, 0.1) is 0 Å². The number of hydrogen-bond donors (Lipinski definition) is 0. The molecule has 2 rings (SSSR count). The van der Waals surface area contributed by atoms with Gasteiger partial charge < -0.3 is 4.90 Å². The second-order valence-electron chi connectivity index (χ2n) is 3.66. The molecule has 2 heterocycles. The summed E-state index contributed by atoms with van der Waals surface area (Å²) in [6.07, 6.45) is 4.04. The van der Waals surface area contributed by atoms with Crippen molar-refractivity contribution in [3.05, 3.63) is 18.3 Å². The second-order valence-corrected chi connectivity index (χ2v) is 4.04. The minimum atomic E-state index is 0.731. The first-order valence-electron chi connectivity index (χ1n) is 4.99. The second kappa shape index (κ2) is 4.60. The Morgan fingerprint density at radius 2 is 2.50 bits per heavy atom. The summed E-state index contributed by atoms with van der Waals surface area (Å²) in [7, 11) is 0. The molecule has 1 atom stereocenters. The van der Waals surface area contributed by atoms with Gasteiger partial charge in [0, 0.05) is 25.2 Å². The molecule has 1 aliphatic heterocycles. The molecular formula is C10H14ClN3. The lowest BCUT2D eigenvalue weighted by atomic mass is 10.1. The first-order valence-corrected chi connectivity index (χ1v) is 5.52. The molecule has 1 fully saturated rings. The highest BCUT2D eigenvalue weighted by molar-refractivity contribution is 6.17. The number of alkyl halides is 1. The Morgan fingerprint density at radius 3 is 3.21 bits per heavy atom. The van der Waals surface area contributed by atoms with Gasteiger partial charge >= 0.3 is 0 Å². The Bertz CT molecular complexity index is 278. The van der Waals surface area contributed by atoms with Gasteiger partial charge in [0.1, 0.15) is 0 Å². The molecule has 0 bridgehead atoms. The molecule has 0 aliphatic carbocycles. The predicted octanol–water partition coefficient (Wildman–Crippen LogP) is 1.93. The highest BCUT2D eigenvalue weighted by Gasteiger charge is 2.22. The van der Waals surface area contributed by atoms with E-state index < -0.39 is 0 Å². The van der Waals surface area contributed by atoms with Crippen LogP contribution in [-0.4, -0.2) is 29.2 Å². The van der Waals surface area contributed by atoms with Gasteiger partial charge in [0.25, 0.3) is 0 Å². The molecule has 4 heteroatoms. The molecule has 0 saturated carbocycles. The molecule has 0 N–H and O–H groups in total. The molecular weight excluding hydrogens is 198 g/mol. The van der Waals surface area contributed by atoms with E-state index >= 15 is 0 Å². The van der Waals surface area contributed by atoms with Gasteiger partial charge in [-0.05, 0) is 30.9 Å². The lowest BCUT2D eigenvalue weighted by Crippen LogP contribution is -2.21. The first kappa shape index (κ1) is 9.71. The third-order valence-corrected chi connectivity index (χ3v) is 2.90. The van der Waals surface area contributed by atoms with Gasteiger partial charge in [-0.25, -0.2) is 0 Å². The minimum absolute atomic E-state index is 0.731. The topological polar surface area (TPSA) is 29.0 Å². The Kier molecular flexibility index (Phi) is 3.19. The molecule has 1 aliphatic rings. The fourth-order valence-electron chi connectivity index (χ4n) is 1.89. The number of rotatable bonds is 3. The molecule has 0 radical (unpaired) electrons. The van der Waals surface area contributed by atoms with E-state index in [1.165, 1.54) is 6.42 Å². The largest absolute Gasteiger partial charge is 0.355 e. The molecule has 0 aromatic carbocycles. The van der Waals surface area contributed by atoms with Crippen molar-refractivity contribution in [2.45, 2.75) is 12.8 Å². The maximum atomic E-state index is 5.73. The quantitative estimate of drug-likeness (QED) is 0.716. The van der Waals surface area contributed by atoms with Crippen LogP contribution in [0.4, 0.5) is 5.82 Å². The van der Waals surface area contributed by atoms with E-state index in [-0.39, 0.29) is 0 Å². The Morgan fingerprint density at radius 1 is 1.57 bits per heavy atom. The molecule has 14 heavy (non-hydrogen) atoms. The maximum absolute atomic E-state index is 5.73. The standard InChI is InChI=1S/C10H14ClN3/c11-5-3-9-4-7-14(8-9)10-2-1-6-12-13-10/h1-2,6,9H,3-5,7-8H2. The summed E-state index contributed by atoms with van der Waals surface area (Å²) in [5.41, 5.74) is 0. The van der Waals surface area contributed by atoms with Gasteiger partial charge in [-0.3, -0.25) is 0 Å². The summed E-state index contributed by atoms with van der Waals surface area (Å²) in [5, 5.41) is 7.98. The fraction of sp³-hybridized carbons (Fsp3) is 0.600. The number of halogens is 1. The zero-order valence-corrected chi connectivity index (χ0v) is 8.82. The van der Waals surface area contributed by atoms with Crippen molar-refractivity contribution in [2.75, 3.05) is 23.9 Å². The normalized spacial score (nSPS) is 21.5. The molecule has 1 aromatic rings.